The number of nitrogens with zero attached hydrogens (tertiary/aromatic N) is 2. The minimum atomic E-state index is -2.11. The quantitative estimate of drug-likeness (QED) is 0.0288. The molecule has 47 nitrogen and oxygen atoms in total. The molecule has 0 aliphatic carbocycles. The van der Waals surface area contributed by atoms with Gasteiger partial charge in [-0.1, -0.05) is 85.2 Å². The summed E-state index contributed by atoms with van der Waals surface area (Å²) in [6.45, 7) is 12.0. The fraction of sp³-hybridized carbons (Fsp3) is 0.795. The number of methoxy groups -OCH3 is 2. The molecule has 7 rings (SSSR count). The fourth-order valence-corrected chi connectivity index (χ4v) is 17.2. The Morgan fingerprint density at radius 1 is 0.523 bits per heavy atom. The Morgan fingerprint density at radius 3 is 1.40 bits per heavy atom. The number of likely N-dealkylation sites (tertiary alicyclic amines) is 1. The van der Waals surface area contributed by atoms with E-state index >= 15 is 0 Å². The first-order valence-corrected chi connectivity index (χ1v) is 43.7. The summed E-state index contributed by atoms with van der Waals surface area (Å²) in [7, 11) is 4.21. The minimum Gasteiger partial charge on any atom is -0.439 e. The molecule has 130 heavy (non-hydrogen) atoms. The van der Waals surface area contributed by atoms with E-state index in [0.29, 0.717) is 31.4 Å². The highest BCUT2D eigenvalue weighted by atomic mass is 16.8. The van der Waals surface area contributed by atoms with Gasteiger partial charge in [0.15, 0.2) is 38.1 Å². The number of carbonyl (C=O) groups excluding carboxylic acids is 11. The van der Waals surface area contributed by atoms with E-state index in [-0.39, 0.29) is 30.7 Å². The summed E-state index contributed by atoms with van der Waals surface area (Å²) in [5.41, 5.74) is 0.639. The molecule has 0 spiro atoms. The van der Waals surface area contributed by atoms with Crippen LogP contribution in [0.4, 0.5) is 4.79 Å². The standard InChI is InChI=1S/C83H137N11O36/c1-16-37(6)45(47(119-14)27-55(106)94-26-20-23-46(94)70(120-15)38(7)75(114)86-39(8)63(107)44-21-18-17-19-22-44)28-85-76(115)56(35(2)3)92-77(116)62(36(4)5)93(13)83(118)121-34-54(105)84-25-24-53(104)91-58-65(109)64(108)48(29-95)123-79(58)128-72-50(31-97)125-81(60(67(72)111)89-42(11)102)130-74-52(33-99)126-82(61(69(74)113)90-43(12)103)129-73-51(32-98)124-80(59(68(73)112)88-41(10)101)127-71-49(30-96)122-78(117)57(66(71)110)87-40(9)100/h17-19,21-22,35-39,45-52,56-74,78-82,95-99,107-113,117H,16,20,23-34H2,1-15H3,(H,84,105)(H,85,115)(H,86,114)(H,87,100)(H,88,101)(H,89,102)(H,90,103)(H,91,104)(H,92,116)/t37-,38+,39+,45+,46-,47+,48+,49+,50+,51+,52+,56-,57+,58+,59+,60+,61+,62-,63+,64+,65+,66+,67+,68+,69+,70+,71-,72?,73?,74?,78+,79-,80-,81-,82-/m0/s1. The van der Waals surface area contributed by atoms with Gasteiger partial charge in [0.05, 0.1) is 75.8 Å². The second kappa shape index (κ2) is 51.1. The molecule has 6 aliphatic rings. The Bertz CT molecular complexity index is 3820. The molecular formula is C83H137N11O36. The van der Waals surface area contributed by atoms with Crippen LogP contribution in [0.2, 0.25) is 0 Å². The molecule has 6 heterocycles. The van der Waals surface area contributed by atoms with Crippen molar-refractivity contribution in [2.24, 2.45) is 29.6 Å². The Hall–Kier alpha value is -7.77. The van der Waals surface area contributed by atoms with Gasteiger partial charge in [0, 0.05) is 80.9 Å². The maximum Gasteiger partial charge on any atom is 0.410 e. The van der Waals surface area contributed by atoms with Crippen LogP contribution < -0.4 is 47.9 Å². The first-order chi connectivity index (χ1) is 61.5. The van der Waals surface area contributed by atoms with Gasteiger partial charge < -0.3 is 176 Å². The van der Waals surface area contributed by atoms with E-state index in [1.807, 2.05) is 19.9 Å². The second-order valence-electron chi connectivity index (χ2n) is 34.4. The predicted molar refractivity (Wildman–Crippen MR) is 446 cm³/mol. The molecule has 6 fully saturated rings. The maximum atomic E-state index is 14.4. The first kappa shape index (κ1) is 109. The van der Waals surface area contributed by atoms with E-state index < -0.39 is 325 Å². The smallest absolute Gasteiger partial charge is 0.410 e. The van der Waals surface area contributed by atoms with Crippen LogP contribution in [-0.4, -0.2) is 411 Å². The van der Waals surface area contributed by atoms with Gasteiger partial charge >= 0.3 is 6.09 Å². The van der Waals surface area contributed by atoms with Crippen LogP contribution in [0.5, 0.6) is 0 Å². The lowest BCUT2D eigenvalue weighted by molar-refractivity contribution is -0.367. The van der Waals surface area contributed by atoms with E-state index in [2.05, 4.69) is 47.9 Å². The highest BCUT2D eigenvalue weighted by Gasteiger charge is 2.59. The molecule has 1 aromatic rings. The topological polar surface area (TPSA) is 676 Å². The molecule has 0 aromatic heterocycles. The zero-order chi connectivity index (χ0) is 96.7. The van der Waals surface area contributed by atoms with Gasteiger partial charge in [-0.3, -0.25) is 52.8 Å². The van der Waals surface area contributed by atoms with E-state index in [4.69, 9.17) is 56.8 Å². The predicted octanol–water partition coefficient (Wildman–Crippen LogP) is -8.42. The lowest BCUT2D eigenvalue weighted by atomic mass is 9.84. The normalized spacial score (nSPS) is 32.6. The zero-order valence-electron chi connectivity index (χ0n) is 75.7. The van der Waals surface area contributed by atoms with Crippen molar-refractivity contribution in [3.63, 3.8) is 0 Å². The third-order valence-corrected chi connectivity index (χ3v) is 24.3. The molecule has 3 unspecified atom stereocenters. The number of aliphatic hydroxyl groups is 13. The Kier molecular flexibility index (Phi) is 42.9. The molecule has 1 aromatic carbocycles. The largest absolute Gasteiger partial charge is 0.439 e. The van der Waals surface area contributed by atoms with Crippen LogP contribution in [0.1, 0.15) is 127 Å². The minimum absolute atomic E-state index is 0.0295. The summed E-state index contributed by atoms with van der Waals surface area (Å²) in [6.07, 6.45) is -39.9. The van der Waals surface area contributed by atoms with Crippen molar-refractivity contribution in [2.45, 2.75) is 311 Å². The SMILES string of the molecule is CC[C@H](C)[C@@H](CNC(=O)[C@@H](NC(=O)[C@H](C(C)C)N(C)C(=O)OCC(=O)NCCC(=O)N[C@H]1[C@H](OC2[C@@H](CO)O[C@@H](OC3[C@@H](CO)O[C@@H](OC4[C@@H](CO)O[C@@H](O[C@@H]5[C@H](O)[C@@H](NC(C)=O)[C@H](O)O[C@@H]5CO)[C@H](NC(C)=O)[C@H]4O)[C@H](NC(C)=O)[C@H]3O)[C@H](NC(C)=O)[C@H]2O)O[C@H](CO)[C@@H](O)[C@@H]1O)C(C)C)[C@@H](CC(=O)N1CCC[C@H]1[C@H](OC)[C@@H](C)C(=O)N[C@H](C)[C@@H](O)c1ccccc1)OC. The molecule has 0 saturated carbocycles. The fourth-order valence-electron chi connectivity index (χ4n) is 17.2. The summed E-state index contributed by atoms with van der Waals surface area (Å²) in [5, 5.41) is 168. The number of aliphatic hydroxyl groups excluding tert-OH is 13. The summed E-state index contributed by atoms with van der Waals surface area (Å²) in [4.78, 5) is 151. The van der Waals surface area contributed by atoms with Gasteiger partial charge in [-0.25, -0.2) is 4.79 Å². The van der Waals surface area contributed by atoms with Crippen LogP contribution in [0.25, 0.3) is 0 Å². The van der Waals surface area contributed by atoms with Crippen molar-refractivity contribution in [1.29, 1.82) is 0 Å². The van der Waals surface area contributed by atoms with Gasteiger partial charge in [0.2, 0.25) is 53.2 Å². The summed E-state index contributed by atoms with van der Waals surface area (Å²) in [5.74, 6) is -9.48. The molecule has 47 heteroatoms. The van der Waals surface area contributed by atoms with Gasteiger partial charge in [-0.05, 0) is 43.1 Å². The van der Waals surface area contributed by atoms with Crippen LogP contribution >= 0.6 is 0 Å². The summed E-state index contributed by atoms with van der Waals surface area (Å²) < 4.78 is 71.2. The Labute approximate surface area is 752 Å². The van der Waals surface area contributed by atoms with Gasteiger partial charge in [-0.15, -0.1) is 0 Å². The van der Waals surface area contributed by atoms with Crippen molar-refractivity contribution in [2.75, 3.05) is 80.5 Å². The number of rotatable bonds is 44. The second-order valence-corrected chi connectivity index (χ2v) is 34.4. The van der Waals surface area contributed by atoms with Crippen molar-refractivity contribution in [1.82, 2.24) is 57.7 Å². The lowest BCUT2D eigenvalue weighted by Crippen LogP contribution is -2.72. The first-order valence-electron chi connectivity index (χ1n) is 43.7. The molecule has 6 saturated heterocycles. The molecule has 0 bridgehead atoms. The molecule has 740 valence electrons. The number of hydrogen-bond donors (Lipinski definition) is 22. The van der Waals surface area contributed by atoms with Crippen LogP contribution in [0.3, 0.4) is 0 Å². The third kappa shape index (κ3) is 28.2. The zero-order valence-corrected chi connectivity index (χ0v) is 75.7. The van der Waals surface area contributed by atoms with Crippen LogP contribution in [-0.2, 0) is 105 Å². The molecule has 11 amide bonds. The highest BCUT2D eigenvalue weighted by Crippen LogP contribution is 2.38. The Morgan fingerprint density at radius 2 is 0.969 bits per heavy atom. The van der Waals surface area contributed by atoms with Crippen molar-refractivity contribution in [3.8, 4) is 0 Å². The van der Waals surface area contributed by atoms with E-state index in [1.165, 1.54) is 21.3 Å². The lowest BCUT2D eigenvalue weighted by Gasteiger charge is -2.51. The van der Waals surface area contributed by atoms with Gasteiger partial charge in [0.1, 0.15) is 134 Å². The third-order valence-electron chi connectivity index (χ3n) is 24.3. The van der Waals surface area contributed by atoms with E-state index in [9.17, 15) is 119 Å². The number of amides is 11. The van der Waals surface area contributed by atoms with E-state index in [0.717, 1.165) is 32.6 Å². The number of likely N-dealkylation sites (N-methyl/N-ethyl adjacent to an activating group) is 1. The maximum absolute atomic E-state index is 14.4. The average Bonchev–Trinajstić information content (AvgIpc) is 0.866. The average molecular weight is 1870 g/mol. The summed E-state index contributed by atoms with van der Waals surface area (Å²) >= 11 is 0. The van der Waals surface area contributed by atoms with Crippen molar-refractivity contribution < 1.29 is 176 Å². The molecule has 35 atom stereocenters. The van der Waals surface area contributed by atoms with Crippen molar-refractivity contribution in [3.05, 3.63) is 35.9 Å². The Balaban J connectivity index is 0.942. The monoisotopic (exact) mass is 1860 g/mol. The number of hydrogen-bond acceptors (Lipinski definition) is 36. The number of benzene rings is 1. The van der Waals surface area contributed by atoms with Crippen molar-refractivity contribution >= 4 is 65.2 Å². The molecule has 6 aliphatic heterocycles. The van der Waals surface area contributed by atoms with Gasteiger partial charge in [-0.2, -0.15) is 0 Å². The summed E-state index contributed by atoms with van der Waals surface area (Å²) in [6, 6.07) is -3.34. The molecule has 22 N–H and O–H groups in total. The van der Waals surface area contributed by atoms with Crippen LogP contribution in [0, 0.1) is 29.6 Å². The number of nitrogens with one attached hydrogen (secondary N) is 9. The van der Waals surface area contributed by atoms with Gasteiger partial charge in [0.25, 0.3) is 5.91 Å². The molecular weight excluding hydrogens is 1730 g/mol. The molecule has 0 radical (unpaired) electrons. The number of ether oxygens (including phenoxy) is 12. The van der Waals surface area contributed by atoms with E-state index in [1.54, 1.807) is 70.7 Å². The highest BCUT2D eigenvalue weighted by molar-refractivity contribution is 5.92. The number of carbonyl (C=O) groups is 11. The van der Waals surface area contributed by atoms with Crippen LogP contribution in [0.15, 0.2) is 30.3 Å².